The van der Waals surface area contributed by atoms with Crippen LogP contribution in [-0.2, 0) is 22.5 Å². The normalized spacial score (nSPS) is 17.7. The number of rotatable bonds is 5. The second kappa shape index (κ2) is 9.01. The Balaban J connectivity index is 0.00000225. The smallest absolute Gasteiger partial charge is 0.341 e. The fourth-order valence-electron chi connectivity index (χ4n) is 3.77. The van der Waals surface area contributed by atoms with Gasteiger partial charge in [-0.3, -0.25) is 9.69 Å². The molecule has 2 aliphatic rings. The van der Waals surface area contributed by atoms with Crippen LogP contribution in [0.15, 0.2) is 0 Å². The second-order valence-corrected chi connectivity index (χ2v) is 7.80. The third kappa shape index (κ3) is 4.36. The molecule has 1 aromatic heterocycles. The van der Waals surface area contributed by atoms with Crippen LogP contribution in [0.25, 0.3) is 0 Å². The third-order valence-electron chi connectivity index (χ3n) is 5.03. The maximum Gasteiger partial charge on any atom is 0.341 e. The number of nitrogens with one attached hydrogen (secondary N) is 1. The Morgan fingerprint density at radius 3 is 2.68 bits per heavy atom. The van der Waals surface area contributed by atoms with E-state index < -0.39 is 0 Å². The molecule has 1 aliphatic carbocycles. The number of ether oxygens (including phenoxy) is 1. The molecule has 1 N–H and O–H groups in total. The number of anilines is 1. The number of amides is 1. The fourth-order valence-corrected chi connectivity index (χ4v) is 5.05. The van der Waals surface area contributed by atoms with E-state index in [4.69, 9.17) is 4.74 Å². The first-order valence-electron chi connectivity index (χ1n) is 8.90. The van der Waals surface area contributed by atoms with Crippen molar-refractivity contribution in [1.82, 2.24) is 4.90 Å². The molecule has 1 fully saturated rings. The van der Waals surface area contributed by atoms with Crippen LogP contribution in [0.1, 0.15) is 59.8 Å². The lowest BCUT2D eigenvalue weighted by Crippen LogP contribution is -2.30. The van der Waals surface area contributed by atoms with Gasteiger partial charge in [0.15, 0.2) is 0 Å². The topological polar surface area (TPSA) is 58.6 Å². The Kier molecular flexibility index (Phi) is 7.28. The summed E-state index contributed by atoms with van der Waals surface area (Å²) in [6.07, 6.45) is 6.11. The van der Waals surface area contributed by atoms with E-state index in [1.54, 1.807) is 11.3 Å². The van der Waals surface area contributed by atoms with Crippen LogP contribution in [0.2, 0.25) is 0 Å². The number of hydrogen-bond donors (Lipinski definition) is 1. The maximum atomic E-state index is 12.5. The van der Waals surface area contributed by atoms with Gasteiger partial charge in [0.25, 0.3) is 0 Å². The van der Waals surface area contributed by atoms with Crippen LogP contribution >= 0.6 is 23.7 Å². The van der Waals surface area contributed by atoms with Crippen LogP contribution in [-0.4, -0.2) is 37.0 Å². The molecule has 2 heterocycles. The van der Waals surface area contributed by atoms with Gasteiger partial charge in [-0.05, 0) is 37.8 Å². The SMILES string of the molecule is CCCN1CCc2c(sc(NC(=O)C3CCCC3)c2C(=O)OC)C1.Cl. The van der Waals surface area contributed by atoms with Gasteiger partial charge in [-0.2, -0.15) is 0 Å². The molecule has 1 saturated carbocycles. The summed E-state index contributed by atoms with van der Waals surface area (Å²) in [5, 5.41) is 3.71. The minimum absolute atomic E-state index is 0. The summed E-state index contributed by atoms with van der Waals surface area (Å²) < 4.78 is 4.99. The first-order chi connectivity index (χ1) is 11.6. The molecule has 5 nitrogen and oxygen atoms in total. The van der Waals surface area contributed by atoms with E-state index in [1.165, 1.54) is 12.0 Å². The predicted octanol–water partition coefficient (Wildman–Crippen LogP) is 3.85. The molecule has 0 saturated heterocycles. The van der Waals surface area contributed by atoms with E-state index >= 15 is 0 Å². The zero-order valence-corrected chi connectivity index (χ0v) is 16.6. The van der Waals surface area contributed by atoms with Gasteiger partial charge >= 0.3 is 5.97 Å². The van der Waals surface area contributed by atoms with Crippen molar-refractivity contribution >= 4 is 40.6 Å². The van der Waals surface area contributed by atoms with Crippen LogP contribution in [0.3, 0.4) is 0 Å². The van der Waals surface area contributed by atoms with Gasteiger partial charge in [-0.15, -0.1) is 23.7 Å². The highest BCUT2D eigenvalue weighted by Gasteiger charge is 2.30. The number of carbonyl (C=O) groups is 2. The summed E-state index contributed by atoms with van der Waals surface area (Å²) in [7, 11) is 1.40. The Bertz CT molecular complexity index is 626. The number of hydrogen-bond acceptors (Lipinski definition) is 5. The molecule has 140 valence electrons. The highest BCUT2D eigenvalue weighted by molar-refractivity contribution is 7.17. The largest absolute Gasteiger partial charge is 0.465 e. The monoisotopic (exact) mass is 386 g/mol. The quantitative estimate of drug-likeness (QED) is 0.781. The number of fused-ring (bicyclic) bond motifs is 1. The average Bonchev–Trinajstić information content (AvgIpc) is 3.21. The van der Waals surface area contributed by atoms with Gasteiger partial charge in [0.05, 0.1) is 12.7 Å². The number of thiophene rings is 1. The Hall–Kier alpha value is -1.11. The van der Waals surface area contributed by atoms with E-state index in [-0.39, 0.29) is 30.2 Å². The predicted molar refractivity (Wildman–Crippen MR) is 103 cm³/mol. The third-order valence-corrected chi connectivity index (χ3v) is 6.16. The van der Waals surface area contributed by atoms with E-state index in [0.717, 1.165) is 63.7 Å². The summed E-state index contributed by atoms with van der Waals surface area (Å²) >= 11 is 1.55. The lowest BCUT2D eigenvalue weighted by molar-refractivity contribution is -0.119. The first-order valence-corrected chi connectivity index (χ1v) is 9.71. The summed E-state index contributed by atoms with van der Waals surface area (Å²) in [6, 6.07) is 0. The summed E-state index contributed by atoms with van der Waals surface area (Å²) in [6.45, 7) is 5.06. The average molecular weight is 387 g/mol. The van der Waals surface area contributed by atoms with E-state index in [0.29, 0.717) is 10.6 Å². The van der Waals surface area contributed by atoms with E-state index in [1.807, 2.05) is 0 Å². The van der Waals surface area contributed by atoms with Crippen molar-refractivity contribution in [1.29, 1.82) is 0 Å². The van der Waals surface area contributed by atoms with Gasteiger partial charge in [0, 0.05) is 23.9 Å². The van der Waals surface area contributed by atoms with Crippen molar-refractivity contribution in [2.75, 3.05) is 25.5 Å². The van der Waals surface area contributed by atoms with E-state index in [9.17, 15) is 9.59 Å². The Morgan fingerprint density at radius 2 is 2.04 bits per heavy atom. The molecular weight excluding hydrogens is 360 g/mol. The second-order valence-electron chi connectivity index (χ2n) is 6.70. The molecule has 0 atom stereocenters. The molecule has 1 aliphatic heterocycles. The van der Waals surface area contributed by atoms with Crippen molar-refractivity contribution in [2.24, 2.45) is 5.92 Å². The van der Waals surface area contributed by atoms with Crippen molar-refractivity contribution in [2.45, 2.75) is 52.0 Å². The van der Waals surface area contributed by atoms with Gasteiger partial charge in [-0.25, -0.2) is 4.79 Å². The van der Waals surface area contributed by atoms with E-state index in [2.05, 4.69) is 17.1 Å². The molecular formula is C18H27ClN2O3S. The molecule has 0 radical (unpaired) electrons. The van der Waals surface area contributed by atoms with Gasteiger partial charge in [-0.1, -0.05) is 19.8 Å². The zero-order valence-electron chi connectivity index (χ0n) is 14.9. The number of methoxy groups -OCH3 is 1. The van der Waals surface area contributed by atoms with Gasteiger partial charge in [0.1, 0.15) is 5.00 Å². The number of halogens is 1. The molecule has 0 bridgehead atoms. The molecule has 0 aromatic carbocycles. The van der Waals surface area contributed by atoms with Crippen molar-refractivity contribution in [3.05, 3.63) is 16.0 Å². The zero-order chi connectivity index (χ0) is 17.1. The number of carbonyl (C=O) groups excluding carboxylic acids is 2. The molecule has 0 unspecified atom stereocenters. The van der Waals surface area contributed by atoms with Gasteiger partial charge in [0.2, 0.25) is 5.91 Å². The lowest BCUT2D eigenvalue weighted by Gasteiger charge is -2.26. The minimum atomic E-state index is -0.335. The maximum absolute atomic E-state index is 12.5. The van der Waals surface area contributed by atoms with Crippen LogP contribution in [0, 0.1) is 5.92 Å². The summed E-state index contributed by atoms with van der Waals surface area (Å²) in [4.78, 5) is 28.4. The number of nitrogens with zero attached hydrogens (tertiary/aromatic N) is 1. The summed E-state index contributed by atoms with van der Waals surface area (Å²) in [5.74, 6) is -0.189. The van der Waals surface area contributed by atoms with Crippen LogP contribution in [0.4, 0.5) is 5.00 Å². The fraction of sp³-hybridized carbons (Fsp3) is 0.667. The molecule has 0 spiro atoms. The molecule has 7 heteroatoms. The molecule has 1 amide bonds. The standard InChI is InChI=1S/C18H26N2O3S.ClH/c1-3-9-20-10-8-13-14(11-20)24-17(15(13)18(22)23-2)19-16(21)12-6-4-5-7-12;/h12H,3-11H2,1-2H3,(H,19,21);1H. The van der Waals surface area contributed by atoms with Crippen LogP contribution < -0.4 is 5.32 Å². The summed E-state index contributed by atoms with van der Waals surface area (Å²) in [5.41, 5.74) is 1.65. The number of esters is 1. The molecule has 3 rings (SSSR count). The first kappa shape index (κ1) is 20.2. The highest BCUT2D eigenvalue weighted by atomic mass is 35.5. The van der Waals surface area contributed by atoms with Crippen LogP contribution in [0.5, 0.6) is 0 Å². The molecule has 1 aromatic rings. The van der Waals surface area contributed by atoms with Crippen molar-refractivity contribution in [3.63, 3.8) is 0 Å². The van der Waals surface area contributed by atoms with Gasteiger partial charge < -0.3 is 10.1 Å². The lowest BCUT2D eigenvalue weighted by atomic mass is 10.0. The minimum Gasteiger partial charge on any atom is -0.465 e. The highest BCUT2D eigenvalue weighted by Crippen LogP contribution is 2.38. The Morgan fingerprint density at radius 1 is 1.32 bits per heavy atom. The van der Waals surface area contributed by atoms with Crippen molar-refractivity contribution < 1.29 is 14.3 Å². The Labute approximate surface area is 159 Å². The van der Waals surface area contributed by atoms with Crippen molar-refractivity contribution in [3.8, 4) is 0 Å². The molecule has 25 heavy (non-hydrogen) atoms.